The number of benzene rings is 1. The van der Waals surface area contributed by atoms with Crippen LogP contribution in [-0.4, -0.2) is 21.0 Å². The highest BCUT2D eigenvalue weighted by Crippen LogP contribution is 2.26. The Morgan fingerprint density at radius 2 is 2.28 bits per heavy atom. The minimum atomic E-state index is -0.848. The van der Waals surface area contributed by atoms with Gasteiger partial charge in [0.25, 0.3) is 0 Å². The quantitative estimate of drug-likeness (QED) is 0.892. The number of imidazole rings is 1. The number of H-pyrrole nitrogens is 1. The van der Waals surface area contributed by atoms with Gasteiger partial charge < -0.3 is 10.1 Å². The highest BCUT2D eigenvalue weighted by Gasteiger charge is 2.11. The molecule has 2 N–H and O–H groups in total. The number of rotatable bonds is 4. The van der Waals surface area contributed by atoms with E-state index in [0.29, 0.717) is 23.1 Å². The fourth-order valence-electron chi connectivity index (χ4n) is 1.73. The molecule has 0 saturated heterocycles. The summed E-state index contributed by atoms with van der Waals surface area (Å²) < 4.78 is 0. The number of nitrogens with one attached hydrogen (secondary N) is 1. The summed E-state index contributed by atoms with van der Waals surface area (Å²) in [6.07, 6.45) is 0.387. The second-order valence-electron chi connectivity index (χ2n) is 4.11. The topological polar surface area (TPSA) is 66.0 Å². The molecule has 2 aromatic rings. The van der Waals surface area contributed by atoms with Crippen molar-refractivity contribution in [1.29, 1.82) is 0 Å². The van der Waals surface area contributed by atoms with Crippen LogP contribution < -0.4 is 0 Å². The molecule has 1 aromatic heterocycles. The number of hydrogen-bond donors (Lipinski definition) is 2. The van der Waals surface area contributed by atoms with Crippen LogP contribution in [0.3, 0.4) is 0 Å². The summed E-state index contributed by atoms with van der Waals surface area (Å²) in [5.41, 5.74) is 2.72. The first-order valence-corrected chi connectivity index (χ1v) is 5.97. The second kappa shape index (κ2) is 5.23. The molecule has 0 unspecified atom stereocenters. The van der Waals surface area contributed by atoms with Gasteiger partial charge in [-0.15, -0.1) is 0 Å². The lowest BCUT2D eigenvalue weighted by molar-refractivity contribution is -0.137. The number of aromatic nitrogens is 2. The Morgan fingerprint density at radius 1 is 1.50 bits per heavy atom. The molecule has 0 bridgehead atoms. The van der Waals surface area contributed by atoms with E-state index in [4.69, 9.17) is 16.7 Å². The molecule has 1 aromatic carbocycles. The zero-order chi connectivity index (χ0) is 13.1. The van der Waals surface area contributed by atoms with E-state index in [9.17, 15) is 4.79 Å². The Balaban J connectivity index is 2.26. The van der Waals surface area contributed by atoms with Gasteiger partial charge in [0.05, 0.1) is 6.42 Å². The van der Waals surface area contributed by atoms with Crippen molar-refractivity contribution >= 4 is 17.6 Å². The number of carboxylic acid groups (broad SMARTS) is 1. The van der Waals surface area contributed by atoms with Crippen molar-refractivity contribution in [1.82, 2.24) is 9.97 Å². The third kappa shape index (κ3) is 2.90. The van der Waals surface area contributed by atoms with E-state index in [1.807, 2.05) is 31.2 Å². The van der Waals surface area contributed by atoms with E-state index in [0.717, 1.165) is 11.1 Å². The summed E-state index contributed by atoms with van der Waals surface area (Å²) in [5, 5.41) is 9.08. The molecule has 0 aliphatic heterocycles. The zero-order valence-corrected chi connectivity index (χ0v) is 10.7. The molecule has 0 radical (unpaired) electrons. The number of aryl methyl sites for hydroxylation is 2. The molecule has 0 aliphatic carbocycles. The summed E-state index contributed by atoms with van der Waals surface area (Å²) in [7, 11) is 0. The first kappa shape index (κ1) is 12.6. The highest BCUT2D eigenvalue weighted by atomic mass is 35.5. The Bertz CT molecular complexity index is 578. The van der Waals surface area contributed by atoms with Gasteiger partial charge in [-0.3, -0.25) is 4.79 Å². The number of aromatic amines is 1. The predicted octanol–water partition coefficient (Wildman–Crippen LogP) is 3.06. The van der Waals surface area contributed by atoms with Crippen molar-refractivity contribution < 1.29 is 9.90 Å². The summed E-state index contributed by atoms with van der Waals surface area (Å²) in [5.74, 6) is -0.251. The van der Waals surface area contributed by atoms with Gasteiger partial charge in [0.1, 0.15) is 16.7 Å². The van der Waals surface area contributed by atoms with E-state index in [1.54, 1.807) is 0 Å². The largest absolute Gasteiger partial charge is 0.481 e. The normalized spacial score (nSPS) is 10.6. The average Bonchev–Trinajstić information content (AvgIpc) is 2.68. The van der Waals surface area contributed by atoms with E-state index < -0.39 is 5.97 Å². The average molecular weight is 265 g/mol. The summed E-state index contributed by atoms with van der Waals surface area (Å²) in [6, 6.07) is 7.85. The molecule has 5 heteroatoms. The van der Waals surface area contributed by atoms with Crippen LogP contribution in [0.2, 0.25) is 5.15 Å². The monoisotopic (exact) mass is 264 g/mol. The summed E-state index contributed by atoms with van der Waals surface area (Å²) in [6.45, 7) is 2.00. The van der Waals surface area contributed by atoms with Crippen LogP contribution in [0.1, 0.15) is 17.8 Å². The number of carbonyl (C=O) groups is 1. The molecule has 2 rings (SSSR count). The minimum absolute atomic E-state index is 0.0388. The van der Waals surface area contributed by atoms with Crippen LogP contribution in [0, 0.1) is 6.92 Å². The van der Waals surface area contributed by atoms with Crippen molar-refractivity contribution in [3.63, 3.8) is 0 Å². The number of aliphatic carboxylic acids is 1. The fourth-order valence-corrected chi connectivity index (χ4v) is 1.99. The van der Waals surface area contributed by atoms with Crippen molar-refractivity contribution in [3.8, 4) is 11.3 Å². The maximum absolute atomic E-state index is 10.5. The van der Waals surface area contributed by atoms with Crippen LogP contribution in [0.4, 0.5) is 0 Å². The molecule has 4 nitrogen and oxygen atoms in total. The Kier molecular flexibility index (Phi) is 3.67. The SMILES string of the molecule is Cc1cccc(-c2nc(CCC(=O)O)[nH]c2Cl)c1. The van der Waals surface area contributed by atoms with E-state index >= 15 is 0 Å². The van der Waals surface area contributed by atoms with Crippen molar-refractivity contribution in [2.75, 3.05) is 0 Å². The molecule has 0 atom stereocenters. The molecular formula is C13H13ClN2O2. The third-order valence-electron chi connectivity index (χ3n) is 2.58. The number of nitrogens with zero attached hydrogens (tertiary/aromatic N) is 1. The molecule has 0 saturated carbocycles. The molecule has 1 heterocycles. The van der Waals surface area contributed by atoms with Gasteiger partial charge in [-0.05, 0) is 13.0 Å². The molecule has 0 fully saturated rings. The summed E-state index contributed by atoms with van der Waals surface area (Å²) in [4.78, 5) is 17.8. The lowest BCUT2D eigenvalue weighted by Gasteiger charge is -1.98. The van der Waals surface area contributed by atoms with E-state index in [2.05, 4.69) is 9.97 Å². The first-order chi connectivity index (χ1) is 8.56. The fraction of sp³-hybridized carbons (Fsp3) is 0.231. The molecule has 94 valence electrons. The molecule has 0 amide bonds. The first-order valence-electron chi connectivity index (χ1n) is 5.59. The predicted molar refractivity (Wildman–Crippen MR) is 69.7 cm³/mol. The molecule has 18 heavy (non-hydrogen) atoms. The van der Waals surface area contributed by atoms with Gasteiger partial charge in [-0.2, -0.15) is 0 Å². The third-order valence-corrected chi connectivity index (χ3v) is 2.85. The standard InChI is InChI=1S/C13H13ClN2O2/c1-8-3-2-4-9(7-8)12-13(14)16-10(15-12)5-6-11(17)18/h2-4,7H,5-6H2,1H3,(H,15,16)(H,17,18). The van der Waals surface area contributed by atoms with Gasteiger partial charge in [-0.25, -0.2) is 4.98 Å². The van der Waals surface area contributed by atoms with Gasteiger partial charge in [0, 0.05) is 12.0 Å². The van der Waals surface area contributed by atoms with Crippen LogP contribution in [0.5, 0.6) is 0 Å². The van der Waals surface area contributed by atoms with Gasteiger partial charge >= 0.3 is 5.97 Å². The molecule has 0 aliphatic rings. The Morgan fingerprint density at radius 3 is 2.94 bits per heavy atom. The smallest absolute Gasteiger partial charge is 0.303 e. The van der Waals surface area contributed by atoms with Crippen molar-refractivity contribution in [2.24, 2.45) is 0 Å². The lowest BCUT2D eigenvalue weighted by atomic mass is 10.1. The lowest BCUT2D eigenvalue weighted by Crippen LogP contribution is -1.98. The van der Waals surface area contributed by atoms with Crippen LogP contribution in [0.25, 0.3) is 11.3 Å². The van der Waals surface area contributed by atoms with Gasteiger partial charge in [0.2, 0.25) is 0 Å². The van der Waals surface area contributed by atoms with Crippen LogP contribution >= 0.6 is 11.6 Å². The number of halogens is 1. The van der Waals surface area contributed by atoms with E-state index in [1.165, 1.54) is 0 Å². The second-order valence-corrected chi connectivity index (χ2v) is 4.49. The number of carboxylic acids is 1. The molecule has 0 spiro atoms. The van der Waals surface area contributed by atoms with Gasteiger partial charge in [-0.1, -0.05) is 35.4 Å². The maximum atomic E-state index is 10.5. The minimum Gasteiger partial charge on any atom is -0.481 e. The van der Waals surface area contributed by atoms with E-state index in [-0.39, 0.29) is 6.42 Å². The van der Waals surface area contributed by atoms with Crippen molar-refractivity contribution in [3.05, 3.63) is 40.8 Å². The van der Waals surface area contributed by atoms with Crippen LogP contribution in [0.15, 0.2) is 24.3 Å². The van der Waals surface area contributed by atoms with Gasteiger partial charge in [0.15, 0.2) is 0 Å². The van der Waals surface area contributed by atoms with Crippen LogP contribution in [-0.2, 0) is 11.2 Å². The zero-order valence-electron chi connectivity index (χ0n) is 9.90. The molecular weight excluding hydrogens is 252 g/mol. The Hall–Kier alpha value is -1.81. The maximum Gasteiger partial charge on any atom is 0.303 e. The number of hydrogen-bond acceptors (Lipinski definition) is 2. The highest BCUT2D eigenvalue weighted by molar-refractivity contribution is 6.31. The van der Waals surface area contributed by atoms with Crippen molar-refractivity contribution in [2.45, 2.75) is 19.8 Å². The summed E-state index contributed by atoms with van der Waals surface area (Å²) >= 11 is 6.08. The Labute approximate surface area is 110 Å².